The molecular formula is C13H15N3O4. The van der Waals surface area contributed by atoms with Crippen molar-refractivity contribution in [2.45, 2.75) is 33.7 Å². The van der Waals surface area contributed by atoms with Crippen LogP contribution in [0.2, 0.25) is 0 Å². The molecule has 2 aromatic rings. The summed E-state index contributed by atoms with van der Waals surface area (Å²) in [6.07, 6.45) is 1.39. The van der Waals surface area contributed by atoms with Crippen LogP contribution in [0.1, 0.15) is 28.6 Å². The number of rotatable bonds is 4. The lowest BCUT2D eigenvalue weighted by atomic mass is 10.1. The van der Waals surface area contributed by atoms with Gasteiger partial charge in [-0.1, -0.05) is 0 Å². The molecule has 0 aliphatic carbocycles. The van der Waals surface area contributed by atoms with Crippen molar-refractivity contribution in [3.05, 3.63) is 45.3 Å². The Hall–Kier alpha value is -2.44. The molecule has 0 radical (unpaired) electrons. The lowest BCUT2D eigenvalue weighted by molar-refractivity contribution is -0.136. The second-order valence-electron chi connectivity index (χ2n) is 4.57. The number of oxazole rings is 1. The van der Waals surface area contributed by atoms with E-state index in [1.54, 1.807) is 27.0 Å². The van der Waals surface area contributed by atoms with Crippen LogP contribution in [0.3, 0.4) is 0 Å². The lowest BCUT2D eigenvalue weighted by Gasteiger charge is -2.13. The summed E-state index contributed by atoms with van der Waals surface area (Å²) in [5, 5.41) is 8.92. The van der Waals surface area contributed by atoms with E-state index in [1.807, 2.05) is 0 Å². The average Bonchev–Trinajstić information content (AvgIpc) is 2.75. The van der Waals surface area contributed by atoms with Gasteiger partial charge in [-0.25, -0.2) is 9.78 Å². The van der Waals surface area contributed by atoms with Crippen molar-refractivity contribution in [2.24, 2.45) is 0 Å². The summed E-state index contributed by atoms with van der Waals surface area (Å²) in [4.78, 5) is 30.7. The van der Waals surface area contributed by atoms with Crippen molar-refractivity contribution in [1.82, 2.24) is 14.5 Å². The lowest BCUT2D eigenvalue weighted by Crippen LogP contribution is -2.29. The maximum atomic E-state index is 11.9. The fourth-order valence-corrected chi connectivity index (χ4v) is 2.04. The summed E-state index contributed by atoms with van der Waals surface area (Å²) < 4.78 is 6.71. The zero-order valence-corrected chi connectivity index (χ0v) is 11.5. The Morgan fingerprint density at radius 1 is 1.40 bits per heavy atom. The first-order chi connectivity index (χ1) is 9.38. The van der Waals surface area contributed by atoms with Crippen LogP contribution < -0.4 is 5.69 Å². The highest BCUT2D eigenvalue weighted by molar-refractivity contribution is 5.70. The second kappa shape index (κ2) is 5.28. The molecule has 7 heteroatoms. The molecule has 2 rings (SSSR count). The molecule has 106 valence electrons. The number of carboxylic acids is 1. The van der Waals surface area contributed by atoms with Gasteiger partial charge in [0.15, 0.2) is 0 Å². The Labute approximate surface area is 114 Å². The molecule has 0 spiro atoms. The average molecular weight is 277 g/mol. The predicted molar refractivity (Wildman–Crippen MR) is 69.7 cm³/mol. The number of nitrogens with zero attached hydrogens (tertiary/aromatic N) is 3. The van der Waals surface area contributed by atoms with Gasteiger partial charge < -0.3 is 9.52 Å². The minimum atomic E-state index is -0.963. The zero-order chi connectivity index (χ0) is 14.9. The van der Waals surface area contributed by atoms with E-state index < -0.39 is 11.7 Å². The SMILES string of the molecule is Cc1cnc(Cn2c(C)c(CC(=O)O)c(C)nc2=O)o1. The second-order valence-corrected chi connectivity index (χ2v) is 4.57. The zero-order valence-electron chi connectivity index (χ0n) is 11.5. The van der Waals surface area contributed by atoms with Gasteiger partial charge in [-0.2, -0.15) is 4.98 Å². The van der Waals surface area contributed by atoms with Crippen LogP contribution in [0.4, 0.5) is 0 Å². The molecule has 0 saturated heterocycles. The summed E-state index contributed by atoms with van der Waals surface area (Å²) in [6.45, 7) is 5.23. The molecule has 1 N–H and O–H groups in total. The van der Waals surface area contributed by atoms with Crippen molar-refractivity contribution in [1.29, 1.82) is 0 Å². The van der Waals surface area contributed by atoms with Crippen molar-refractivity contribution < 1.29 is 14.3 Å². The van der Waals surface area contributed by atoms with Crippen LogP contribution in [0, 0.1) is 20.8 Å². The Bertz CT molecular complexity index is 715. The maximum Gasteiger partial charge on any atom is 0.348 e. The quantitative estimate of drug-likeness (QED) is 0.888. The Morgan fingerprint density at radius 2 is 2.10 bits per heavy atom. The molecule has 0 atom stereocenters. The fraction of sp³-hybridized carbons (Fsp3) is 0.385. The molecule has 2 heterocycles. The minimum absolute atomic E-state index is 0.137. The van der Waals surface area contributed by atoms with E-state index in [0.29, 0.717) is 28.6 Å². The van der Waals surface area contributed by atoms with Gasteiger partial charge in [0.1, 0.15) is 12.3 Å². The molecule has 20 heavy (non-hydrogen) atoms. The van der Waals surface area contributed by atoms with Crippen LogP contribution in [-0.4, -0.2) is 25.6 Å². The first-order valence-electron chi connectivity index (χ1n) is 6.08. The summed E-state index contributed by atoms with van der Waals surface area (Å²) in [7, 11) is 0. The van der Waals surface area contributed by atoms with E-state index in [2.05, 4.69) is 9.97 Å². The van der Waals surface area contributed by atoms with Crippen molar-refractivity contribution in [2.75, 3.05) is 0 Å². The third kappa shape index (κ3) is 2.76. The van der Waals surface area contributed by atoms with Crippen LogP contribution in [0.15, 0.2) is 15.4 Å². The number of hydrogen-bond donors (Lipinski definition) is 1. The van der Waals surface area contributed by atoms with Crippen LogP contribution in [0.5, 0.6) is 0 Å². The van der Waals surface area contributed by atoms with Crippen molar-refractivity contribution >= 4 is 5.97 Å². The summed E-state index contributed by atoms with van der Waals surface area (Å²) in [5.74, 6) is 0.0753. The van der Waals surface area contributed by atoms with E-state index in [4.69, 9.17) is 9.52 Å². The summed E-state index contributed by atoms with van der Waals surface area (Å²) in [5.41, 5.74) is 1.11. The van der Waals surface area contributed by atoms with E-state index in [1.165, 1.54) is 4.57 Å². The topological polar surface area (TPSA) is 98.2 Å². The van der Waals surface area contributed by atoms with E-state index in [-0.39, 0.29) is 13.0 Å². The molecule has 0 aliphatic rings. The van der Waals surface area contributed by atoms with Gasteiger partial charge in [0.25, 0.3) is 0 Å². The molecule has 0 aromatic carbocycles. The molecule has 0 saturated carbocycles. The Morgan fingerprint density at radius 3 is 2.65 bits per heavy atom. The predicted octanol–water partition coefficient (Wildman–Crippen LogP) is 0.832. The normalized spacial score (nSPS) is 10.8. The van der Waals surface area contributed by atoms with Gasteiger partial charge in [0.2, 0.25) is 5.89 Å². The standard InChI is InChI=1S/C13H15N3O4/c1-7-5-14-11(20-7)6-16-9(3)10(4-12(17)18)8(2)15-13(16)19/h5H,4,6H2,1-3H3,(H,17,18). The monoisotopic (exact) mass is 277 g/mol. The van der Waals surface area contributed by atoms with E-state index in [9.17, 15) is 9.59 Å². The fourth-order valence-electron chi connectivity index (χ4n) is 2.04. The molecule has 0 bridgehead atoms. The number of aryl methyl sites for hydroxylation is 2. The molecular weight excluding hydrogens is 262 g/mol. The van der Waals surface area contributed by atoms with E-state index in [0.717, 1.165) is 0 Å². The highest BCUT2D eigenvalue weighted by atomic mass is 16.4. The van der Waals surface area contributed by atoms with Gasteiger partial charge in [-0.15, -0.1) is 0 Å². The first-order valence-corrected chi connectivity index (χ1v) is 6.08. The third-order valence-corrected chi connectivity index (χ3v) is 3.06. The van der Waals surface area contributed by atoms with Crippen molar-refractivity contribution in [3.63, 3.8) is 0 Å². The maximum absolute atomic E-state index is 11.9. The molecule has 0 amide bonds. The molecule has 0 aliphatic heterocycles. The minimum Gasteiger partial charge on any atom is -0.481 e. The van der Waals surface area contributed by atoms with Gasteiger partial charge in [0, 0.05) is 17.0 Å². The summed E-state index contributed by atoms with van der Waals surface area (Å²) in [6, 6.07) is 0. The Kier molecular flexibility index (Phi) is 3.69. The van der Waals surface area contributed by atoms with Crippen LogP contribution in [0.25, 0.3) is 0 Å². The molecule has 0 unspecified atom stereocenters. The number of carbonyl (C=O) groups is 1. The van der Waals surface area contributed by atoms with Gasteiger partial charge in [-0.3, -0.25) is 9.36 Å². The van der Waals surface area contributed by atoms with Crippen LogP contribution >= 0.6 is 0 Å². The third-order valence-electron chi connectivity index (χ3n) is 3.06. The molecule has 7 nitrogen and oxygen atoms in total. The molecule has 2 aromatic heterocycles. The summed E-state index contributed by atoms with van der Waals surface area (Å²) >= 11 is 0. The van der Waals surface area contributed by atoms with Gasteiger partial charge >= 0.3 is 11.7 Å². The van der Waals surface area contributed by atoms with Crippen molar-refractivity contribution in [3.8, 4) is 0 Å². The van der Waals surface area contributed by atoms with Crippen LogP contribution in [-0.2, 0) is 17.8 Å². The highest BCUT2D eigenvalue weighted by Crippen LogP contribution is 2.12. The number of aromatic nitrogens is 3. The number of aliphatic carboxylic acids is 1. The van der Waals surface area contributed by atoms with E-state index >= 15 is 0 Å². The highest BCUT2D eigenvalue weighted by Gasteiger charge is 2.15. The largest absolute Gasteiger partial charge is 0.481 e. The molecule has 0 fully saturated rings. The number of hydrogen-bond acceptors (Lipinski definition) is 5. The smallest absolute Gasteiger partial charge is 0.348 e. The first kappa shape index (κ1) is 14.0. The number of carboxylic acid groups (broad SMARTS) is 1. The van der Waals surface area contributed by atoms with Gasteiger partial charge in [0.05, 0.1) is 12.6 Å². The van der Waals surface area contributed by atoms with Gasteiger partial charge in [-0.05, 0) is 20.8 Å². The Balaban J connectivity index is 2.47.